The van der Waals surface area contributed by atoms with Gasteiger partial charge in [-0.15, -0.1) is 0 Å². The van der Waals surface area contributed by atoms with Gasteiger partial charge in [0.2, 0.25) is 5.75 Å². The van der Waals surface area contributed by atoms with Crippen molar-refractivity contribution in [2.45, 2.75) is 13.0 Å². The number of H-pyrrole nitrogens is 1. The molecular formula is C16H19N3O4. The number of nitrogens with zero attached hydrogens (tertiary/aromatic N) is 2. The monoisotopic (exact) mass is 317 g/mol. The maximum Gasteiger partial charge on any atom is 0.254 e. The van der Waals surface area contributed by atoms with Crippen LogP contribution in [0.25, 0.3) is 0 Å². The summed E-state index contributed by atoms with van der Waals surface area (Å²) in [5, 5.41) is 0. The van der Waals surface area contributed by atoms with Crippen molar-refractivity contribution in [1.29, 1.82) is 0 Å². The zero-order chi connectivity index (χ0) is 16.4. The SMILES string of the molecule is COc1cc(C(=O)N2CCc3nc[nH]c3C2)cc(OC)c1OC. The third-order valence-electron chi connectivity index (χ3n) is 3.97. The van der Waals surface area contributed by atoms with Crippen LogP contribution in [-0.4, -0.2) is 48.6 Å². The molecule has 1 aromatic carbocycles. The van der Waals surface area contributed by atoms with Crippen molar-refractivity contribution in [3.8, 4) is 17.2 Å². The molecule has 1 aliphatic heterocycles. The first-order valence-electron chi connectivity index (χ1n) is 7.28. The molecule has 7 nitrogen and oxygen atoms in total. The van der Waals surface area contributed by atoms with Crippen LogP contribution in [-0.2, 0) is 13.0 Å². The highest BCUT2D eigenvalue weighted by molar-refractivity contribution is 5.95. The Hall–Kier alpha value is -2.70. The van der Waals surface area contributed by atoms with Gasteiger partial charge in [-0.05, 0) is 12.1 Å². The minimum atomic E-state index is -0.0792. The number of ether oxygens (including phenoxy) is 3. The van der Waals surface area contributed by atoms with Gasteiger partial charge in [0.15, 0.2) is 11.5 Å². The van der Waals surface area contributed by atoms with Gasteiger partial charge in [0.25, 0.3) is 5.91 Å². The van der Waals surface area contributed by atoms with E-state index in [1.165, 1.54) is 21.3 Å². The van der Waals surface area contributed by atoms with Crippen LogP contribution in [0.2, 0.25) is 0 Å². The summed E-state index contributed by atoms with van der Waals surface area (Å²) in [6.45, 7) is 1.15. The molecule has 1 N–H and O–H groups in total. The normalized spacial score (nSPS) is 13.4. The van der Waals surface area contributed by atoms with E-state index in [0.717, 1.165) is 17.8 Å². The van der Waals surface area contributed by atoms with Crippen LogP contribution in [0.4, 0.5) is 0 Å². The molecule has 1 amide bonds. The van der Waals surface area contributed by atoms with Gasteiger partial charge in [-0.3, -0.25) is 4.79 Å². The Bertz CT molecular complexity index is 701. The van der Waals surface area contributed by atoms with Gasteiger partial charge in [0, 0.05) is 18.5 Å². The van der Waals surface area contributed by atoms with E-state index >= 15 is 0 Å². The number of imidazole rings is 1. The second-order valence-electron chi connectivity index (χ2n) is 5.22. The molecule has 0 spiro atoms. The van der Waals surface area contributed by atoms with E-state index in [-0.39, 0.29) is 5.91 Å². The Balaban J connectivity index is 1.91. The Kier molecular flexibility index (Phi) is 4.10. The molecular weight excluding hydrogens is 298 g/mol. The number of methoxy groups -OCH3 is 3. The molecule has 0 saturated heterocycles. The zero-order valence-electron chi connectivity index (χ0n) is 13.4. The lowest BCUT2D eigenvalue weighted by Crippen LogP contribution is -2.36. The van der Waals surface area contributed by atoms with Gasteiger partial charge in [-0.2, -0.15) is 0 Å². The van der Waals surface area contributed by atoms with Crippen molar-refractivity contribution in [3.05, 3.63) is 35.4 Å². The topological polar surface area (TPSA) is 76.7 Å². The van der Waals surface area contributed by atoms with Gasteiger partial charge < -0.3 is 24.1 Å². The molecule has 0 fully saturated rings. The molecule has 3 rings (SSSR count). The number of benzene rings is 1. The molecule has 0 radical (unpaired) electrons. The number of amides is 1. The first kappa shape index (κ1) is 15.2. The van der Waals surface area contributed by atoms with Crippen molar-refractivity contribution in [3.63, 3.8) is 0 Å². The van der Waals surface area contributed by atoms with Gasteiger partial charge >= 0.3 is 0 Å². The predicted molar refractivity (Wildman–Crippen MR) is 83.1 cm³/mol. The summed E-state index contributed by atoms with van der Waals surface area (Å²) in [4.78, 5) is 21.9. The number of hydrogen-bond donors (Lipinski definition) is 1. The highest BCUT2D eigenvalue weighted by atomic mass is 16.5. The Labute approximate surface area is 134 Å². The summed E-state index contributed by atoms with van der Waals surface area (Å²) in [6.07, 6.45) is 2.41. The van der Waals surface area contributed by atoms with Crippen molar-refractivity contribution >= 4 is 5.91 Å². The van der Waals surface area contributed by atoms with E-state index in [1.807, 2.05) is 0 Å². The predicted octanol–water partition coefficient (Wildman–Crippen LogP) is 1.63. The van der Waals surface area contributed by atoms with E-state index in [4.69, 9.17) is 14.2 Å². The number of rotatable bonds is 4. The summed E-state index contributed by atoms with van der Waals surface area (Å²) in [5.74, 6) is 1.33. The minimum absolute atomic E-state index is 0.0792. The summed E-state index contributed by atoms with van der Waals surface area (Å²) < 4.78 is 15.9. The molecule has 7 heteroatoms. The van der Waals surface area contributed by atoms with E-state index in [9.17, 15) is 4.79 Å². The quantitative estimate of drug-likeness (QED) is 0.927. The largest absolute Gasteiger partial charge is 0.493 e. The van der Waals surface area contributed by atoms with Crippen molar-refractivity contribution in [1.82, 2.24) is 14.9 Å². The molecule has 2 heterocycles. The molecule has 0 bridgehead atoms. The van der Waals surface area contributed by atoms with E-state index in [1.54, 1.807) is 23.4 Å². The minimum Gasteiger partial charge on any atom is -0.493 e. The van der Waals surface area contributed by atoms with Crippen LogP contribution in [0, 0.1) is 0 Å². The highest BCUT2D eigenvalue weighted by Gasteiger charge is 2.25. The van der Waals surface area contributed by atoms with Crippen molar-refractivity contribution in [2.75, 3.05) is 27.9 Å². The van der Waals surface area contributed by atoms with Gasteiger partial charge in [-0.1, -0.05) is 0 Å². The molecule has 0 aliphatic carbocycles. The molecule has 1 aliphatic rings. The number of nitrogens with one attached hydrogen (secondary N) is 1. The first-order chi connectivity index (χ1) is 11.2. The maximum absolute atomic E-state index is 12.8. The molecule has 122 valence electrons. The fraction of sp³-hybridized carbons (Fsp3) is 0.375. The Morgan fingerprint density at radius 3 is 2.48 bits per heavy atom. The number of aromatic nitrogens is 2. The second-order valence-corrected chi connectivity index (χ2v) is 5.22. The standard InChI is InChI=1S/C16H19N3O4/c1-21-13-6-10(7-14(22-2)15(13)23-3)16(20)19-5-4-11-12(8-19)18-9-17-11/h6-7,9H,4-5,8H2,1-3H3,(H,17,18). The number of hydrogen-bond acceptors (Lipinski definition) is 5. The fourth-order valence-corrected chi connectivity index (χ4v) is 2.77. The van der Waals surface area contributed by atoms with Crippen LogP contribution in [0.15, 0.2) is 18.5 Å². The first-order valence-corrected chi connectivity index (χ1v) is 7.28. The molecule has 0 unspecified atom stereocenters. The van der Waals surface area contributed by atoms with Crippen LogP contribution in [0.5, 0.6) is 17.2 Å². The molecule has 23 heavy (non-hydrogen) atoms. The van der Waals surface area contributed by atoms with Crippen LogP contribution in [0.3, 0.4) is 0 Å². The second kappa shape index (κ2) is 6.20. The van der Waals surface area contributed by atoms with Crippen LogP contribution >= 0.6 is 0 Å². The number of fused-ring (bicyclic) bond motifs is 1. The molecule has 1 aromatic heterocycles. The third kappa shape index (κ3) is 2.69. The van der Waals surface area contributed by atoms with Crippen molar-refractivity contribution < 1.29 is 19.0 Å². The van der Waals surface area contributed by atoms with Crippen LogP contribution < -0.4 is 14.2 Å². The van der Waals surface area contributed by atoms with Crippen LogP contribution in [0.1, 0.15) is 21.7 Å². The van der Waals surface area contributed by atoms with Crippen molar-refractivity contribution in [2.24, 2.45) is 0 Å². The molecule has 0 saturated carbocycles. The average molecular weight is 317 g/mol. The smallest absolute Gasteiger partial charge is 0.254 e. The fourth-order valence-electron chi connectivity index (χ4n) is 2.77. The summed E-state index contributed by atoms with van der Waals surface area (Å²) >= 11 is 0. The van der Waals surface area contributed by atoms with Gasteiger partial charge in [0.05, 0.1) is 45.6 Å². The zero-order valence-corrected chi connectivity index (χ0v) is 13.4. The number of aromatic amines is 1. The summed E-state index contributed by atoms with van der Waals surface area (Å²) in [5.41, 5.74) is 2.51. The summed E-state index contributed by atoms with van der Waals surface area (Å²) in [6, 6.07) is 3.35. The van der Waals surface area contributed by atoms with E-state index in [2.05, 4.69) is 9.97 Å². The summed E-state index contributed by atoms with van der Waals surface area (Å²) in [7, 11) is 4.60. The lowest BCUT2D eigenvalue weighted by Gasteiger charge is -2.26. The Morgan fingerprint density at radius 1 is 1.17 bits per heavy atom. The average Bonchev–Trinajstić information content (AvgIpc) is 3.07. The molecule has 2 aromatic rings. The third-order valence-corrected chi connectivity index (χ3v) is 3.97. The van der Waals surface area contributed by atoms with Gasteiger partial charge in [-0.25, -0.2) is 4.98 Å². The maximum atomic E-state index is 12.8. The van der Waals surface area contributed by atoms with Gasteiger partial charge in [0.1, 0.15) is 0 Å². The number of carbonyl (C=O) groups excluding carboxylic acids is 1. The highest BCUT2D eigenvalue weighted by Crippen LogP contribution is 2.38. The number of carbonyl (C=O) groups is 1. The molecule has 0 atom stereocenters. The van der Waals surface area contributed by atoms with E-state index < -0.39 is 0 Å². The lowest BCUT2D eigenvalue weighted by molar-refractivity contribution is 0.0731. The lowest BCUT2D eigenvalue weighted by atomic mass is 10.1. The Morgan fingerprint density at radius 2 is 1.87 bits per heavy atom. The van der Waals surface area contributed by atoms with E-state index in [0.29, 0.717) is 35.9 Å².